The molecule has 168 valence electrons. The molecule has 30 heavy (non-hydrogen) atoms. The molecule has 3 heterocycles. The summed E-state index contributed by atoms with van der Waals surface area (Å²) in [5.41, 5.74) is 1.50. The van der Waals surface area contributed by atoms with Gasteiger partial charge in [-0.15, -0.1) is 0 Å². The normalized spacial score (nSPS) is 28.0. The Morgan fingerprint density at radius 1 is 1.00 bits per heavy atom. The summed E-state index contributed by atoms with van der Waals surface area (Å²) in [4.78, 5) is 22.3. The third-order valence-electron chi connectivity index (χ3n) is 6.62. The van der Waals surface area contributed by atoms with Crippen LogP contribution in [0, 0.1) is 11.8 Å². The Balaban J connectivity index is 0.000000480. The molecule has 0 radical (unpaired) electrons. The van der Waals surface area contributed by atoms with E-state index < -0.39 is 0 Å². The second-order valence-electron chi connectivity index (χ2n) is 8.36. The van der Waals surface area contributed by atoms with Crippen molar-refractivity contribution in [3.05, 3.63) is 35.9 Å². The summed E-state index contributed by atoms with van der Waals surface area (Å²) in [5, 5.41) is 23.0. The maximum atomic E-state index is 9.20. The molecule has 3 aliphatic rings. The standard InChI is InChI=1S/C21H32N2O.2CH2O2/c24-12-6-10-22-15-18-14-19(16-22)21(13-17-7-2-1-3-8-17)23-11-5-4-9-20(18)23;2*2-1-3/h1-3,7-8,18-21,24H,4-6,9-16H2;2*1H,(H,2,3)/t18-,19+,20+,21+;;/m1../s1. The van der Waals surface area contributed by atoms with Gasteiger partial charge >= 0.3 is 0 Å². The molecule has 7 nitrogen and oxygen atoms in total. The average molecular weight is 421 g/mol. The molecule has 3 aliphatic heterocycles. The number of fused-ring (bicyclic) bond motifs is 4. The quantitative estimate of drug-likeness (QED) is 0.628. The summed E-state index contributed by atoms with van der Waals surface area (Å²) < 4.78 is 0. The Morgan fingerprint density at radius 3 is 2.33 bits per heavy atom. The van der Waals surface area contributed by atoms with Gasteiger partial charge in [-0.3, -0.25) is 14.5 Å². The molecule has 0 spiro atoms. The largest absolute Gasteiger partial charge is 0.483 e. The number of aliphatic hydroxyl groups excluding tert-OH is 1. The van der Waals surface area contributed by atoms with Gasteiger partial charge in [0.2, 0.25) is 0 Å². The number of aliphatic hydroxyl groups is 1. The number of hydrogen-bond acceptors (Lipinski definition) is 5. The van der Waals surface area contributed by atoms with Crippen LogP contribution in [0.2, 0.25) is 0 Å². The van der Waals surface area contributed by atoms with Crippen LogP contribution in [0.15, 0.2) is 30.3 Å². The van der Waals surface area contributed by atoms with Gasteiger partial charge in [-0.05, 0) is 56.0 Å². The Bertz CT molecular complexity index is 609. The van der Waals surface area contributed by atoms with E-state index in [2.05, 4.69) is 40.1 Å². The van der Waals surface area contributed by atoms with E-state index in [9.17, 15) is 5.11 Å². The van der Waals surface area contributed by atoms with Gasteiger partial charge in [-0.2, -0.15) is 0 Å². The third kappa shape index (κ3) is 6.79. The lowest BCUT2D eigenvalue weighted by atomic mass is 9.71. The van der Waals surface area contributed by atoms with Crippen LogP contribution < -0.4 is 0 Å². The van der Waals surface area contributed by atoms with E-state index in [-0.39, 0.29) is 12.9 Å². The van der Waals surface area contributed by atoms with Gasteiger partial charge < -0.3 is 20.2 Å². The fourth-order valence-electron chi connectivity index (χ4n) is 5.62. The minimum absolute atomic E-state index is 0.250. The highest BCUT2D eigenvalue weighted by Gasteiger charge is 2.46. The Hall–Kier alpha value is -1.96. The smallest absolute Gasteiger partial charge is 0.290 e. The second kappa shape index (κ2) is 13.4. The Labute approximate surface area is 179 Å². The lowest BCUT2D eigenvalue weighted by molar-refractivity contribution is -0.123. The van der Waals surface area contributed by atoms with Crippen LogP contribution in [-0.2, 0) is 16.0 Å². The van der Waals surface area contributed by atoms with E-state index >= 15 is 0 Å². The number of carboxylic acid groups (broad SMARTS) is 2. The summed E-state index contributed by atoms with van der Waals surface area (Å²) in [6, 6.07) is 12.6. The molecular formula is C23H36N2O5. The van der Waals surface area contributed by atoms with Crippen LogP contribution >= 0.6 is 0 Å². The van der Waals surface area contributed by atoms with Crippen LogP contribution in [0.25, 0.3) is 0 Å². The van der Waals surface area contributed by atoms with Gasteiger partial charge in [0.25, 0.3) is 12.9 Å². The van der Waals surface area contributed by atoms with E-state index in [0.717, 1.165) is 30.8 Å². The monoisotopic (exact) mass is 420 g/mol. The van der Waals surface area contributed by atoms with Crippen molar-refractivity contribution in [3.8, 4) is 0 Å². The maximum absolute atomic E-state index is 9.20. The van der Waals surface area contributed by atoms with Crippen molar-refractivity contribution in [2.75, 3.05) is 32.8 Å². The van der Waals surface area contributed by atoms with E-state index in [1.165, 1.54) is 57.3 Å². The summed E-state index contributed by atoms with van der Waals surface area (Å²) >= 11 is 0. The molecule has 3 saturated heterocycles. The molecular weight excluding hydrogens is 384 g/mol. The Kier molecular flexibility index (Phi) is 10.8. The van der Waals surface area contributed by atoms with Gasteiger partial charge in [-0.25, -0.2) is 0 Å². The van der Waals surface area contributed by atoms with Gasteiger partial charge in [-0.1, -0.05) is 36.8 Å². The summed E-state index contributed by atoms with van der Waals surface area (Å²) in [6.07, 6.45) is 7.76. The first kappa shape index (κ1) is 24.3. The van der Waals surface area contributed by atoms with Gasteiger partial charge in [0.05, 0.1) is 0 Å². The predicted octanol–water partition coefficient (Wildman–Crippen LogP) is 2.19. The minimum atomic E-state index is -0.250. The molecule has 4 atom stereocenters. The number of likely N-dealkylation sites (tertiary alicyclic amines) is 1. The number of rotatable bonds is 5. The Morgan fingerprint density at radius 2 is 1.67 bits per heavy atom. The fraction of sp³-hybridized carbons (Fsp3) is 0.652. The van der Waals surface area contributed by atoms with E-state index in [1.807, 2.05) is 0 Å². The molecule has 3 fully saturated rings. The number of hydrogen-bond donors (Lipinski definition) is 3. The topological polar surface area (TPSA) is 101 Å². The average Bonchev–Trinajstić information content (AvgIpc) is 2.77. The molecule has 1 aromatic carbocycles. The van der Waals surface area contributed by atoms with Crippen molar-refractivity contribution in [2.45, 2.75) is 50.6 Å². The van der Waals surface area contributed by atoms with Crippen LogP contribution in [0.4, 0.5) is 0 Å². The van der Waals surface area contributed by atoms with Crippen LogP contribution in [0.5, 0.6) is 0 Å². The van der Waals surface area contributed by atoms with Gasteiger partial charge in [0, 0.05) is 38.3 Å². The van der Waals surface area contributed by atoms with Crippen molar-refractivity contribution in [3.63, 3.8) is 0 Å². The molecule has 3 N–H and O–H groups in total. The molecule has 0 amide bonds. The summed E-state index contributed by atoms with van der Waals surface area (Å²) in [6.45, 7) is 4.71. The molecule has 0 unspecified atom stereocenters. The van der Waals surface area contributed by atoms with Gasteiger partial charge in [0.15, 0.2) is 0 Å². The van der Waals surface area contributed by atoms with Crippen LogP contribution in [-0.4, -0.2) is 82.9 Å². The first-order valence-electron chi connectivity index (χ1n) is 11.0. The molecule has 0 aliphatic carbocycles. The highest BCUT2D eigenvalue weighted by molar-refractivity contribution is 5.33. The van der Waals surface area contributed by atoms with E-state index in [1.54, 1.807) is 0 Å². The number of nitrogens with zero attached hydrogens (tertiary/aromatic N) is 2. The SMILES string of the molecule is O=CO.O=CO.OCCCN1C[C@H]2C[C@@H](C1)[C@H](Cc1ccccc1)N1CCCC[C@@H]21. The second-order valence-corrected chi connectivity index (χ2v) is 8.36. The molecule has 7 heteroatoms. The lowest BCUT2D eigenvalue weighted by Gasteiger charge is -2.57. The van der Waals surface area contributed by atoms with E-state index in [0.29, 0.717) is 12.6 Å². The highest BCUT2D eigenvalue weighted by Crippen LogP contribution is 2.42. The fourth-order valence-corrected chi connectivity index (χ4v) is 5.62. The molecule has 1 aromatic rings. The van der Waals surface area contributed by atoms with Crippen molar-refractivity contribution in [2.24, 2.45) is 11.8 Å². The first-order valence-corrected chi connectivity index (χ1v) is 11.0. The van der Waals surface area contributed by atoms with Crippen molar-refractivity contribution < 1.29 is 24.9 Å². The molecule has 0 saturated carbocycles. The number of piperidine rings is 3. The minimum Gasteiger partial charge on any atom is -0.483 e. The predicted molar refractivity (Wildman–Crippen MR) is 115 cm³/mol. The van der Waals surface area contributed by atoms with Crippen molar-refractivity contribution >= 4 is 12.9 Å². The molecule has 0 aromatic heterocycles. The zero-order chi connectivity index (χ0) is 21.8. The summed E-state index contributed by atoms with van der Waals surface area (Å²) in [5.74, 6) is 1.66. The number of benzene rings is 1. The van der Waals surface area contributed by atoms with Crippen molar-refractivity contribution in [1.82, 2.24) is 9.80 Å². The zero-order valence-corrected chi connectivity index (χ0v) is 17.7. The zero-order valence-electron chi connectivity index (χ0n) is 17.7. The van der Waals surface area contributed by atoms with Crippen molar-refractivity contribution in [1.29, 1.82) is 0 Å². The highest BCUT2D eigenvalue weighted by atomic mass is 16.3. The third-order valence-corrected chi connectivity index (χ3v) is 6.62. The first-order chi connectivity index (χ1) is 14.7. The van der Waals surface area contributed by atoms with Gasteiger partial charge in [0.1, 0.15) is 0 Å². The maximum Gasteiger partial charge on any atom is 0.290 e. The van der Waals surface area contributed by atoms with Crippen LogP contribution in [0.1, 0.15) is 37.7 Å². The summed E-state index contributed by atoms with van der Waals surface area (Å²) in [7, 11) is 0. The van der Waals surface area contributed by atoms with Crippen LogP contribution in [0.3, 0.4) is 0 Å². The molecule has 2 bridgehead atoms. The number of carbonyl (C=O) groups is 2. The van der Waals surface area contributed by atoms with E-state index in [4.69, 9.17) is 19.8 Å². The molecule has 4 rings (SSSR count). The lowest BCUT2D eigenvalue weighted by Crippen LogP contribution is -2.64.